The molecular weight excluding hydrogens is 572 g/mol. The Balaban J connectivity index is 1.64. The molecule has 0 spiro atoms. The van der Waals surface area contributed by atoms with Crippen LogP contribution in [-0.4, -0.2) is 45.9 Å². The van der Waals surface area contributed by atoms with Gasteiger partial charge in [0.1, 0.15) is 5.69 Å². The number of nitrogens with zero attached hydrogens (tertiary/aromatic N) is 6. The average molecular weight is 589 g/mol. The number of thiol groups is 2. The van der Waals surface area contributed by atoms with E-state index in [1.165, 1.54) is 24.3 Å². The van der Waals surface area contributed by atoms with Gasteiger partial charge in [0, 0.05) is 20.6 Å². The molecule has 16 heteroatoms. The van der Waals surface area contributed by atoms with E-state index in [0.29, 0.717) is 31.9 Å². The van der Waals surface area contributed by atoms with Crippen LogP contribution in [0.1, 0.15) is 0 Å². The fraction of sp³-hybridized carbons (Fsp3) is 0.0909. The second-order valence-corrected chi connectivity index (χ2v) is 10.9. The highest BCUT2D eigenvalue weighted by Crippen LogP contribution is 2.44. The molecule has 0 atom stereocenters. The summed E-state index contributed by atoms with van der Waals surface area (Å²) < 4.78 is 24.1. The van der Waals surface area contributed by atoms with Crippen molar-refractivity contribution in [3.63, 3.8) is 0 Å². The standard InChI is InChI=1S/C22H17ClN8O4S3/c23-20-27-21(25-10-24)29-22(28-20)26-15-6-5-13-14(19(15)37)9-16(36)17(18(13)33)31-30-11-1-3-12(4-2-11)38(34,35)8-7-32/h1-6,9,32-33,36-37H,7-8H2,(H2,25,26,27,28,29)/b31-30+. The minimum absolute atomic E-state index is 0.0387. The van der Waals surface area contributed by atoms with Crippen LogP contribution in [0.4, 0.5) is 29.0 Å². The molecule has 4 aromatic rings. The summed E-state index contributed by atoms with van der Waals surface area (Å²) in [6.07, 6.45) is 1.70. The van der Waals surface area contributed by atoms with E-state index in [1.54, 1.807) is 24.4 Å². The quantitative estimate of drug-likeness (QED) is 0.0723. The number of hydrogen-bond donors (Lipinski definition) is 6. The number of nitrogens with one attached hydrogen (secondary N) is 2. The van der Waals surface area contributed by atoms with Gasteiger partial charge >= 0.3 is 0 Å². The van der Waals surface area contributed by atoms with E-state index >= 15 is 0 Å². The van der Waals surface area contributed by atoms with Gasteiger partial charge in [0.15, 0.2) is 21.8 Å². The zero-order valence-corrected chi connectivity index (χ0v) is 22.4. The molecule has 12 nitrogen and oxygen atoms in total. The number of halogens is 1. The van der Waals surface area contributed by atoms with Gasteiger partial charge in [0.2, 0.25) is 17.2 Å². The Morgan fingerprint density at radius 3 is 2.42 bits per heavy atom. The van der Waals surface area contributed by atoms with Gasteiger partial charge < -0.3 is 15.5 Å². The number of nitriles is 1. The van der Waals surface area contributed by atoms with E-state index < -0.39 is 16.4 Å². The predicted molar refractivity (Wildman–Crippen MR) is 147 cm³/mol. The van der Waals surface area contributed by atoms with E-state index in [9.17, 15) is 13.5 Å². The van der Waals surface area contributed by atoms with Crippen LogP contribution in [0.2, 0.25) is 5.28 Å². The van der Waals surface area contributed by atoms with E-state index in [2.05, 4.69) is 61.1 Å². The minimum atomic E-state index is -3.59. The summed E-state index contributed by atoms with van der Waals surface area (Å²) in [5, 5.41) is 42.8. The monoisotopic (exact) mass is 588 g/mol. The zero-order valence-electron chi connectivity index (χ0n) is 19.0. The van der Waals surface area contributed by atoms with Gasteiger partial charge in [-0.3, -0.25) is 5.32 Å². The Morgan fingerprint density at radius 2 is 1.74 bits per heavy atom. The van der Waals surface area contributed by atoms with Crippen LogP contribution in [0.3, 0.4) is 0 Å². The summed E-state index contributed by atoms with van der Waals surface area (Å²) in [7, 11) is -3.59. The number of hydrogen-bond acceptors (Lipinski definition) is 14. The summed E-state index contributed by atoms with van der Waals surface area (Å²) in [4.78, 5) is 12.6. The highest BCUT2D eigenvalue weighted by molar-refractivity contribution is 7.91. The number of fused-ring (bicyclic) bond motifs is 1. The van der Waals surface area contributed by atoms with Crippen molar-refractivity contribution < 1.29 is 18.6 Å². The van der Waals surface area contributed by atoms with Gasteiger partial charge in [-0.05, 0) is 54.1 Å². The molecule has 0 bridgehead atoms. The number of aliphatic hydroxyl groups is 1. The van der Waals surface area contributed by atoms with Crippen molar-refractivity contribution in [3.05, 3.63) is 47.7 Å². The number of aromatic nitrogens is 3. The van der Waals surface area contributed by atoms with Crippen LogP contribution in [0, 0.1) is 11.5 Å². The first-order valence-electron chi connectivity index (χ1n) is 10.5. The van der Waals surface area contributed by atoms with Crippen molar-refractivity contribution in [1.29, 1.82) is 5.26 Å². The number of azo groups is 1. The molecule has 0 aliphatic rings. The van der Waals surface area contributed by atoms with E-state index in [-0.39, 0.29) is 39.3 Å². The summed E-state index contributed by atoms with van der Waals surface area (Å²) in [5.74, 6) is -0.546. The Bertz CT molecular complexity index is 1710. The number of phenols is 1. The Labute approximate surface area is 232 Å². The van der Waals surface area contributed by atoms with Gasteiger partial charge in [-0.2, -0.15) is 25.3 Å². The van der Waals surface area contributed by atoms with Crippen LogP contribution in [0.25, 0.3) is 10.8 Å². The molecule has 0 aliphatic carbocycles. The third-order valence-electron chi connectivity index (χ3n) is 5.06. The lowest BCUT2D eigenvalue weighted by atomic mass is 10.1. The molecule has 3 aromatic carbocycles. The molecule has 0 saturated heterocycles. The van der Waals surface area contributed by atoms with Gasteiger partial charge in [-0.15, -0.1) is 30.4 Å². The molecule has 1 heterocycles. The van der Waals surface area contributed by atoms with Crippen molar-refractivity contribution in [2.24, 2.45) is 10.2 Å². The number of rotatable bonds is 8. The summed E-state index contributed by atoms with van der Waals surface area (Å²) >= 11 is 14.9. The topological polar surface area (TPSA) is 186 Å². The molecule has 0 radical (unpaired) electrons. The molecule has 0 unspecified atom stereocenters. The van der Waals surface area contributed by atoms with Crippen LogP contribution in [-0.2, 0) is 9.84 Å². The van der Waals surface area contributed by atoms with Crippen LogP contribution in [0.15, 0.2) is 67.4 Å². The lowest BCUT2D eigenvalue weighted by Gasteiger charge is -2.13. The van der Waals surface area contributed by atoms with Crippen molar-refractivity contribution >= 4 is 86.4 Å². The molecule has 0 fully saturated rings. The van der Waals surface area contributed by atoms with Crippen molar-refractivity contribution in [2.45, 2.75) is 14.7 Å². The highest BCUT2D eigenvalue weighted by Gasteiger charge is 2.16. The Morgan fingerprint density at radius 1 is 1.03 bits per heavy atom. The predicted octanol–water partition coefficient (Wildman–Crippen LogP) is 4.78. The van der Waals surface area contributed by atoms with E-state index in [1.807, 2.05) is 0 Å². The SMILES string of the molecule is N#CNc1nc(Cl)nc(Nc2ccc3c(O)c(/N=N/c4ccc(S(=O)(=O)CCO)cc4)c(S)cc3c2S)n1. The number of sulfone groups is 1. The molecule has 38 heavy (non-hydrogen) atoms. The number of aliphatic hydroxyl groups excluding tert-OH is 1. The number of aromatic hydroxyl groups is 1. The van der Waals surface area contributed by atoms with E-state index in [0.717, 1.165) is 0 Å². The second-order valence-electron chi connectivity index (χ2n) is 7.50. The summed E-state index contributed by atoms with van der Waals surface area (Å²) in [6.45, 7) is -0.478. The highest BCUT2D eigenvalue weighted by atomic mass is 35.5. The number of phenolic OH excluding ortho intramolecular Hbond substituents is 1. The largest absolute Gasteiger partial charge is 0.505 e. The van der Waals surface area contributed by atoms with Gasteiger partial charge in [-0.25, -0.2) is 8.42 Å². The summed E-state index contributed by atoms with van der Waals surface area (Å²) in [6, 6.07) is 10.5. The first kappa shape index (κ1) is 27.4. The maximum absolute atomic E-state index is 12.0. The first-order valence-corrected chi connectivity index (χ1v) is 13.4. The van der Waals surface area contributed by atoms with Crippen molar-refractivity contribution in [3.8, 4) is 11.9 Å². The maximum atomic E-state index is 12.0. The van der Waals surface area contributed by atoms with Crippen LogP contribution >= 0.6 is 36.9 Å². The van der Waals surface area contributed by atoms with Gasteiger partial charge in [0.05, 0.1) is 28.6 Å². The fourth-order valence-corrected chi connectivity index (χ4v) is 5.09. The summed E-state index contributed by atoms with van der Waals surface area (Å²) in [5.41, 5.74) is 0.919. The smallest absolute Gasteiger partial charge is 0.242 e. The zero-order chi connectivity index (χ0) is 27.4. The third kappa shape index (κ3) is 5.90. The third-order valence-corrected chi connectivity index (χ3v) is 7.77. The molecule has 194 valence electrons. The molecule has 4 rings (SSSR count). The molecular formula is C22H17ClN8O4S3. The van der Waals surface area contributed by atoms with E-state index in [4.69, 9.17) is 22.0 Å². The Hall–Kier alpha value is -3.68. The second kappa shape index (κ2) is 11.4. The molecule has 1 aromatic heterocycles. The fourth-order valence-electron chi connectivity index (χ4n) is 3.31. The maximum Gasteiger partial charge on any atom is 0.242 e. The number of anilines is 3. The first-order chi connectivity index (χ1) is 18.1. The molecule has 0 amide bonds. The normalized spacial score (nSPS) is 11.6. The van der Waals surface area contributed by atoms with Crippen LogP contribution < -0.4 is 10.6 Å². The lowest BCUT2D eigenvalue weighted by Crippen LogP contribution is -2.09. The van der Waals surface area contributed by atoms with Gasteiger partial charge in [0.25, 0.3) is 0 Å². The Kier molecular flexibility index (Phi) is 8.19. The molecule has 0 aliphatic heterocycles. The lowest BCUT2D eigenvalue weighted by molar-refractivity contribution is 0.319. The molecule has 0 saturated carbocycles. The van der Waals surface area contributed by atoms with Crippen molar-refractivity contribution in [2.75, 3.05) is 23.0 Å². The minimum Gasteiger partial charge on any atom is -0.505 e. The number of benzene rings is 3. The average Bonchev–Trinajstić information content (AvgIpc) is 2.86. The van der Waals surface area contributed by atoms with Gasteiger partial charge in [-0.1, -0.05) is 0 Å². The van der Waals surface area contributed by atoms with Crippen LogP contribution in [0.5, 0.6) is 5.75 Å². The van der Waals surface area contributed by atoms with Crippen molar-refractivity contribution in [1.82, 2.24) is 15.0 Å². The molecule has 4 N–H and O–H groups in total.